The van der Waals surface area contributed by atoms with E-state index < -0.39 is 27.4 Å². The second kappa shape index (κ2) is 7.27. The molecule has 0 aliphatic carbocycles. The highest BCUT2D eigenvalue weighted by molar-refractivity contribution is 7.93. The molecule has 9 heteroatoms. The number of sulfonamides is 1. The highest BCUT2D eigenvalue weighted by Gasteiger charge is 2.35. The summed E-state index contributed by atoms with van der Waals surface area (Å²) in [6, 6.07) is 17.9. The van der Waals surface area contributed by atoms with Crippen LogP contribution in [-0.2, 0) is 14.8 Å². The fourth-order valence-electron chi connectivity index (χ4n) is 3.53. The van der Waals surface area contributed by atoms with E-state index in [-0.39, 0.29) is 16.3 Å². The van der Waals surface area contributed by atoms with Gasteiger partial charge in [-0.3, -0.25) is 19.2 Å². The number of nitro groups is 1. The van der Waals surface area contributed by atoms with E-state index >= 15 is 0 Å². The molecule has 4 rings (SSSR count). The molecule has 0 saturated carbocycles. The van der Waals surface area contributed by atoms with Gasteiger partial charge in [0.05, 0.1) is 26.8 Å². The predicted molar refractivity (Wildman–Crippen MR) is 113 cm³/mol. The van der Waals surface area contributed by atoms with Crippen LogP contribution in [0.25, 0.3) is 11.1 Å². The van der Waals surface area contributed by atoms with Gasteiger partial charge in [-0.2, -0.15) is 0 Å². The number of fused-ring (bicyclic) bond motifs is 3. The fourth-order valence-corrected chi connectivity index (χ4v) is 5.18. The number of benzene rings is 3. The molecule has 3 aromatic carbocycles. The molecule has 30 heavy (non-hydrogen) atoms. The summed E-state index contributed by atoms with van der Waals surface area (Å²) in [5, 5.41) is 13.7. The van der Waals surface area contributed by atoms with Crippen molar-refractivity contribution in [3.8, 4) is 11.1 Å². The van der Waals surface area contributed by atoms with Crippen LogP contribution in [0.15, 0.2) is 71.6 Å². The minimum atomic E-state index is -3.95. The molecule has 8 nitrogen and oxygen atoms in total. The summed E-state index contributed by atoms with van der Waals surface area (Å²) in [6.45, 7) is 1.06. The molecule has 0 bridgehead atoms. The van der Waals surface area contributed by atoms with Crippen molar-refractivity contribution in [2.75, 3.05) is 16.2 Å². The minimum Gasteiger partial charge on any atom is -0.324 e. The van der Waals surface area contributed by atoms with Gasteiger partial charge in [0.2, 0.25) is 5.91 Å². The van der Waals surface area contributed by atoms with Crippen molar-refractivity contribution in [2.45, 2.75) is 11.8 Å². The maximum atomic E-state index is 13.2. The Labute approximate surface area is 173 Å². The van der Waals surface area contributed by atoms with E-state index in [2.05, 4.69) is 5.32 Å². The molecule has 3 aromatic rings. The smallest absolute Gasteiger partial charge is 0.274 e. The average Bonchev–Trinajstić information content (AvgIpc) is 2.72. The van der Waals surface area contributed by atoms with Crippen LogP contribution in [0.4, 0.5) is 17.1 Å². The molecule has 0 fully saturated rings. The number of anilines is 2. The Kier molecular flexibility index (Phi) is 4.75. The first-order valence-corrected chi connectivity index (χ1v) is 10.5. The molecule has 0 radical (unpaired) electrons. The minimum absolute atomic E-state index is 0.127. The molecule has 0 saturated heterocycles. The number of hydrogen-bond acceptors (Lipinski definition) is 5. The van der Waals surface area contributed by atoms with Crippen LogP contribution in [-0.4, -0.2) is 25.8 Å². The summed E-state index contributed by atoms with van der Waals surface area (Å²) in [5.74, 6) is -0.601. The number of amides is 1. The molecule has 152 valence electrons. The monoisotopic (exact) mass is 423 g/mol. The number of carbonyl (C=O) groups excluding carboxylic acids is 1. The Morgan fingerprint density at radius 3 is 2.40 bits per heavy atom. The quantitative estimate of drug-likeness (QED) is 0.508. The van der Waals surface area contributed by atoms with Crippen molar-refractivity contribution < 1.29 is 18.1 Å². The van der Waals surface area contributed by atoms with Crippen LogP contribution >= 0.6 is 0 Å². The van der Waals surface area contributed by atoms with Gasteiger partial charge in [-0.1, -0.05) is 42.5 Å². The topological polar surface area (TPSA) is 110 Å². The highest BCUT2D eigenvalue weighted by Crippen LogP contribution is 2.42. The normalized spacial score (nSPS) is 13.8. The SMILES string of the molecule is Cc1c(NC(=O)CN2c3ccccc3-c3ccccc3S2(=O)=O)cccc1[N+](=O)[O-]. The van der Waals surface area contributed by atoms with Gasteiger partial charge in [-0.25, -0.2) is 8.42 Å². The zero-order chi connectivity index (χ0) is 21.5. The van der Waals surface area contributed by atoms with Gasteiger partial charge in [0, 0.05) is 17.2 Å². The highest BCUT2D eigenvalue weighted by atomic mass is 32.2. The third-order valence-electron chi connectivity index (χ3n) is 4.98. The van der Waals surface area contributed by atoms with Crippen LogP contribution in [0, 0.1) is 17.0 Å². The van der Waals surface area contributed by atoms with Crippen LogP contribution in [0.3, 0.4) is 0 Å². The number of nitrogens with one attached hydrogen (secondary N) is 1. The summed E-state index contributed by atoms with van der Waals surface area (Å²) in [7, 11) is -3.95. The Morgan fingerprint density at radius 2 is 1.67 bits per heavy atom. The third kappa shape index (κ3) is 3.18. The van der Waals surface area contributed by atoms with Crippen LogP contribution in [0.5, 0.6) is 0 Å². The van der Waals surface area contributed by atoms with Crippen LogP contribution < -0.4 is 9.62 Å². The standard InChI is InChI=1S/C21H17N3O5S/c1-14-17(9-6-11-18(14)24(26)27)22-21(25)13-23-19-10-4-2-7-15(19)16-8-3-5-12-20(16)30(23,28)29/h2-12H,13H2,1H3,(H,22,25). The second-order valence-corrected chi connectivity index (χ2v) is 8.61. The Morgan fingerprint density at radius 1 is 1.00 bits per heavy atom. The van der Waals surface area contributed by atoms with E-state index in [1.54, 1.807) is 42.5 Å². The van der Waals surface area contributed by atoms with Crippen molar-refractivity contribution in [2.24, 2.45) is 0 Å². The lowest BCUT2D eigenvalue weighted by Crippen LogP contribution is -2.40. The van der Waals surface area contributed by atoms with Gasteiger partial charge in [-0.05, 0) is 25.1 Å². The number of nitrogens with zero attached hydrogens (tertiary/aromatic N) is 2. The first-order chi connectivity index (χ1) is 14.3. The van der Waals surface area contributed by atoms with Crippen molar-refractivity contribution >= 4 is 33.0 Å². The predicted octanol–water partition coefficient (Wildman–Crippen LogP) is 3.72. The molecule has 0 atom stereocenters. The second-order valence-electron chi connectivity index (χ2n) is 6.78. The maximum Gasteiger partial charge on any atom is 0.274 e. The molecule has 1 amide bonds. The van der Waals surface area contributed by atoms with Gasteiger partial charge in [0.25, 0.3) is 15.7 Å². The molecular formula is C21H17N3O5S. The zero-order valence-corrected chi connectivity index (χ0v) is 16.7. The van der Waals surface area contributed by atoms with Gasteiger partial charge in [0.1, 0.15) is 6.54 Å². The van der Waals surface area contributed by atoms with E-state index in [1.165, 1.54) is 31.2 Å². The van der Waals surface area contributed by atoms with Crippen LogP contribution in [0.2, 0.25) is 0 Å². The molecule has 1 N–H and O–H groups in total. The summed E-state index contributed by atoms with van der Waals surface area (Å²) >= 11 is 0. The summed E-state index contributed by atoms with van der Waals surface area (Å²) in [6.07, 6.45) is 0. The average molecular weight is 423 g/mol. The van der Waals surface area contributed by atoms with Crippen molar-refractivity contribution in [1.82, 2.24) is 0 Å². The molecule has 0 aromatic heterocycles. The van der Waals surface area contributed by atoms with Crippen molar-refractivity contribution in [3.63, 3.8) is 0 Å². The number of rotatable bonds is 4. The first kappa shape index (κ1) is 19.6. The van der Waals surface area contributed by atoms with E-state index in [1.807, 2.05) is 0 Å². The van der Waals surface area contributed by atoms with Gasteiger partial charge >= 0.3 is 0 Å². The van der Waals surface area contributed by atoms with Gasteiger partial charge < -0.3 is 5.32 Å². The summed E-state index contributed by atoms with van der Waals surface area (Å²) in [5.41, 5.74) is 2.13. The van der Waals surface area contributed by atoms with Crippen LogP contribution in [0.1, 0.15) is 5.56 Å². The molecular weight excluding hydrogens is 406 g/mol. The van der Waals surface area contributed by atoms with Crippen molar-refractivity contribution in [1.29, 1.82) is 0 Å². The first-order valence-electron chi connectivity index (χ1n) is 9.06. The Bertz CT molecular complexity index is 1290. The number of carbonyl (C=O) groups is 1. The largest absolute Gasteiger partial charge is 0.324 e. The van der Waals surface area contributed by atoms with Crippen molar-refractivity contribution in [3.05, 3.63) is 82.4 Å². The number of hydrogen-bond donors (Lipinski definition) is 1. The summed E-state index contributed by atoms with van der Waals surface area (Å²) < 4.78 is 27.5. The maximum absolute atomic E-state index is 13.2. The van der Waals surface area contributed by atoms with E-state index in [4.69, 9.17) is 0 Å². The lowest BCUT2D eigenvalue weighted by molar-refractivity contribution is -0.385. The van der Waals surface area contributed by atoms with E-state index in [9.17, 15) is 23.3 Å². The molecule has 1 heterocycles. The van der Waals surface area contributed by atoms with Gasteiger partial charge in [0.15, 0.2) is 0 Å². The Hall–Kier alpha value is -3.72. The van der Waals surface area contributed by atoms with E-state index in [0.29, 0.717) is 22.4 Å². The molecule has 0 unspecified atom stereocenters. The lowest BCUT2D eigenvalue weighted by atomic mass is 10.0. The summed E-state index contributed by atoms with van der Waals surface area (Å²) in [4.78, 5) is 23.5. The fraction of sp³-hybridized carbons (Fsp3) is 0.0952. The molecule has 0 spiro atoms. The molecule has 1 aliphatic rings. The zero-order valence-electron chi connectivity index (χ0n) is 15.9. The Balaban J connectivity index is 1.69. The van der Waals surface area contributed by atoms with Gasteiger partial charge in [-0.15, -0.1) is 0 Å². The molecule has 1 aliphatic heterocycles. The third-order valence-corrected chi connectivity index (χ3v) is 6.80. The number of nitro benzene ring substituents is 1. The lowest BCUT2D eigenvalue weighted by Gasteiger charge is -2.31. The van der Waals surface area contributed by atoms with E-state index in [0.717, 1.165) is 4.31 Å². The number of para-hydroxylation sites is 1.